The van der Waals surface area contributed by atoms with Crippen molar-refractivity contribution in [3.8, 4) is 0 Å². The predicted octanol–water partition coefficient (Wildman–Crippen LogP) is 0.740. The van der Waals surface area contributed by atoms with Crippen LogP contribution in [0.4, 0.5) is 0 Å². The van der Waals surface area contributed by atoms with E-state index in [4.69, 9.17) is 5.73 Å². The van der Waals surface area contributed by atoms with Crippen molar-refractivity contribution in [2.24, 2.45) is 12.8 Å². The van der Waals surface area contributed by atoms with Crippen molar-refractivity contribution in [1.82, 2.24) is 9.55 Å². The van der Waals surface area contributed by atoms with Gasteiger partial charge in [0.1, 0.15) is 11.2 Å². The number of nitrogens with zero attached hydrogens (tertiary/aromatic N) is 2. The van der Waals surface area contributed by atoms with Gasteiger partial charge in [-0.2, -0.15) is 0 Å². The molecule has 0 spiro atoms. The van der Waals surface area contributed by atoms with Crippen molar-refractivity contribution in [2.75, 3.05) is 6.54 Å². The molecule has 2 heterocycles. The van der Waals surface area contributed by atoms with Crippen LogP contribution in [-0.2, 0) is 12.6 Å². The minimum Gasteiger partial charge on any atom is -0.384 e. The van der Waals surface area contributed by atoms with E-state index in [0.717, 1.165) is 16.6 Å². The molecule has 0 saturated carbocycles. The molecule has 15 heavy (non-hydrogen) atoms. The lowest BCUT2D eigenvalue weighted by atomic mass is 9.97. The Bertz CT molecular complexity index is 488. The summed E-state index contributed by atoms with van der Waals surface area (Å²) in [5.41, 5.74) is 6.25. The molecule has 0 saturated heterocycles. The first-order valence-electron chi connectivity index (χ1n) is 4.89. The molecule has 4 nitrogen and oxygen atoms in total. The Labute approximate surface area is 88.3 Å². The third-order valence-electron chi connectivity index (χ3n) is 2.71. The highest BCUT2D eigenvalue weighted by molar-refractivity contribution is 5.81. The normalized spacial score (nSPS) is 15.5. The summed E-state index contributed by atoms with van der Waals surface area (Å²) in [6, 6.07) is 3.81. The molecular formula is C11H15N3O. The quantitative estimate of drug-likeness (QED) is 0.760. The topological polar surface area (TPSA) is 64.1 Å². The van der Waals surface area contributed by atoms with Gasteiger partial charge in [-0.3, -0.25) is 0 Å². The van der Waals surface area contributed by atoms with E-state index in [-0.39, 0.29) is 6.54 Å². The molecule has 0 bridgehead atoms. The van der Waals surface area contributed by atoms with Crippen LogP contribution in [0.1, 0.15) is 12.5 Å². The monoisotopic (exact) mass is 205 g/mol. The first kappa shape index (κ1) is 10.1. The molecule has 0 aliphatic heterocycles. The van der Waals surface area contributed by atoms with Gasteiger partial charge >= 0.3 is 0 Å². The lowest BCUT2D eigenvalue weighted by molar-refractivity contribution is 0.0682. The van der Waals surface area contributed by atoms with Gasteiger partial charge in [0.2, 0.25) is 0 Å². The fourth-order valence-corrected chi connectivity index (χ4v) is 1.75. The van der Waals surface area contributed by atoms with Crippen molar-refractivity contribution >= 4 is 11.0 Å². The molecule has 0 aliphatic carbocycles. The van der Waals surface area contributed by atoms with E-state index >= 15 is 0 Å². The van der Waals surface area contributed by atoms with Crippen LogP contribution in [-0.4, -0.2) is 21.2 Å². The molecule has 2 rings (SSSR count). The lowest BCUT2D eigenvalue weighted by Gasteiger charge is -2.20. The third kappa shape index (κ3) is 1.52. The molecule has 2 aromatic heterocycles. The minimum absolute atomic E-state index is 0.195. The number of rotatable bonds is 2. The van der Waals surface area contributed by atoms with E-state index in [0.29, 0.717) is 0 Å². The molecule has 1 atom stereocenters. The summed E-state index contributed by atoms with van der Waals surface area (Å²) in [4.78, 5) is 4.26. The van der Waals surface area contributed by atoms with Crippen molar-refractivity contribution < 1.29 is 5.11 Å². The van der Waals surface area contributed by atoms with Gasteiger partial charge in [0, 0.05) is 36.9 Å². The zero-order chi connectivity index (χ0) is 11.1. The van der Waals surface area contributed by atoms with Gasteiger partial charge in [-0.05, 0) is 19.1 Å². The predicted molar refractivity (Wildman–Crippen MR) is 59.3 cm³/mol. The molecule has 0 fully saturated rings. The van der Waals surface area contributed by atoms with E-state index in [1.54, 1.807) is 13.1 Å². The summed E-state index contributed by atoms with van der Waals surface area (Å²) in [5.74, 6) is 0. The molecule has 0 aliphatic rings. The van der Waals surface area contributed by atoms with Crippen LogP contribution in [0.2, 0.25) is 0 Å². The fraction of sp³-hybridized carbons (Fsp3) is 0.364. The van der Waals surface area contributed by atoms with E-state index in [9.17, 15) is 5.11 Å². The highest BCUT2D eigenvalue weighted by atomic mass is 16.3. The average Bonchev–Trinajstić information content (AvgIpc) is 2.58. The maximum atomic E-state index is 10.1. The SMILES string of the molecule is Cn1cc(C(C)(O)CN)c2cccnc21. The molecule has 3 N–H and O–H groups in total. The Morgan fingerprint density at radius 2 is 2.33 bits per heavy atom. The molecule has 2 aromatic rings. The summed E-state index contributed by atoms with van der Waals surface area (Å²) >= 11 is 0. The number of aliphatic hydroxyl groups is 1. The number of pyridine rings is 1. The smallest absolute Gasteiger partial charge is 0.139 e. The average molecular weight is 205 g/mol. The Morgan fingerprint density at radius 1 is 1.60 bits per heavy atom. The van der Waals surface area contributed by atoms with E-state index in [1.807, 2.05) is 29.9 Å². The second-order valence-corrected chi connectivity index (χ2v) is 4.01. The highest BCUT2D eigenvalue weighted by Crippen LogP contribution is 2.27. The van der Waals surface area contributed by atoms with Gasteiger partial charge in [-0.1, -0.05) is 0 Å². The third-order valence-corrected chi connectivity index (χ3v) is 2.71. The number of aromatic nitrogens is 2. The Balaban J connectivity index is 2.72. The van der Waals surface area contributed by atoms with Gasteiger partial charge in [0.15, 0.2) is 0 Å². The standard InChI is InChI=1S/C11H15N3O/c1-11(15,7-12)9-6-14(2)10-8(9)4-3-5-13-10/h3-6,15H,7,12H2,1-2H3. The maximum absolute atomic E-state index is 10.1. The Hall–Kier alpha value is -1.39. The molecule has 0 amide bonds. The Morgan fingerprint density at radius 3 is 3.00 bits per heavy atom. The number of hydrogen-bond acceptors (Lipinski definition) is 3. The van der Waals surface area contributed by atoms with Gasteiger partial charge in [0.05, 0.1) is 0 Å². The van der Waals surface area contributed by atoms with Crippen molar-refractivity contribution in [1.29, 1.82) is 0 Å². The van der Waals surface area contributed by atoms with Gasteiger partial charge in [0.25, 0.3) is 0 Å². The largest absolute Gasteiger partial charge is 0.384 e. The summed E-state index contributed by atoms with van der Waals surface area (Å²) in [6.07, 6.45) is 3.62. The van der Waals surface area contributed by atoms with Gasteiger partial charge in [-0.15, -0.1) is 0 Å². The van der Waals surface area contributed by atoms with Crippen LogP contribution in [0.5, 0.6) is 0 Å². The van der Waals surface area contributed by atoms with Crippen LogP contribution >= 0.6 is 0 Å². The van der Waals surface area contributed by atoms with Crippen LogP contribution in [0, 0.1) is 0 Å². The zero-order valence-corrected chi connectivity index (χ0v) is 8.94. The number of fused-ring (bicyclic) bond motifs is 1. The first-order valence-corrected chi connectivity index (χ1v) is 4.89. The summed E-state index contributed by atoms with van der Waals surface area (Å²) in [5, 5.41) is 11.1. The number of hydrogen-bond donors (Lipinski definition) is 2. The second-order valence-electron chi connectivity index (χ2n) is 4.01. The summed E-state index contributed by atoms with van der Waals surface area (Å²) in [7, 11) is 1.91. The number of aryl methyl sites for hydroxylation is 1. The van der Waals surface area contributed by atoms with Crippen LogP contribution in [0.3, 0.4) is 0 Å². The summed E-state index contributed by atoms with van der Waals surface area (Å²) < 4.78 is 1.90. The van der Waals surface area contributed by atoms with Crippen LogP contribution in [0.15, 0.2) is 24.5 Å². The Kier molecular flexibility index (Phi) is 2.25. The van der Waals surface area contributed by atoms with Gasteiger partial charge in [-0.25, -0.2) is 4.98 Å². The molecule has 1 unspecified atom stereocenters. The molecular weight excluding hydrogens is 190 g/mol. The maximum Gasteiger partial charge on any atom is 0.139 e. The minimum atomic E-state index is -0.997. The second kappa shape index (κ2) is 3.32. The molecule has 0 aromatic carbocycles. The van der Waals surface area contributed by atoms with Gasteiger partial charge < -0.3 is 15.4 Å². The molecule has 80 valence electrons. The highest BCUT2D eigenvalue weighted by Gasteiger charge is 2.25. The van der Waals surface area contributed by atoms with Crippen molar-refractivity contribution in [3.63, 3.8) is 0 Å². The van der Waals surface area contributed by atoms with Crippen molar-refractivity contribution in [2.45, 2.75) is 12.5 Å². The van der Waals surface area contributed by atoms with Crippen LogP contribution < -0.4 is 5.73 Å². The molecule has 0 radical (unpaired) electrons. The zero-order valence-electron chi connectivity index (χ0n) is 8.94. The number of nitrogens with two attached hydrogens (primary N) is 1. The molecule has 4 heteroatoms. The van der Waals surface area contributed by atoms with E-state index < -0.39 is 5.60 Å². The van der Waals surface area contributed by atoms with E-state index in [2.05, 4.69) is 4.98 Å². The first-order chi connectivity index (χ1) is 7.06. The fourth-order valence-electron chi connectivity index (χ4n) is 1.75. The van der Waals surface area contributed by atoms with E-state index in [1.165, 1.54) is 0 Å². The van der Waals surface area contributed by atoms with Crippen LogP contribution in [0.25, 0.3) is 11.0 Å². The summed E-state index contributed by atoms with van der Waals surface area (Å²) in [6.45, 7) is 1.91. The lowest BCUT2D eigenvalue weighted by Crippen LogP contribution is -2.31. The van der Waals surface area contributed by atoms with Crippen molar-refractivity contribution in [3.05, 3.63) is 30.1 Å².